The molecule has 1 aromatic heterocycles. The van der Waals surface area contributed by atoms with Crippen molar-refractivity contribution in [2.75, 3.05) is 32.8 Å². The minimum Gasteiger partial charge on any atom is -0.378 e. The Kier molecular flexibility index (Phi) is 5.31. The summed E-state index contributed by atoms with van der Waals surface area (Å²) in [5.74, 6) is -0.310. The topological polar surface area (TPSA) is 71.5 Å². The number of morpholine rings is 1. The van der Waals surface area contributed by atoms with E-state index in [2.05, 4.69) is 10.3 Å². The van der Waals surface area contributed by atoms with Crippen molar-refractivity contribution >= 4 is 23.4 Å². The van der Waals surface area contributed by atoms with E-state index in [-0.39, 0.29) is 35.6 Å². The van der Waals surface area contributed by atoms with Crippen LogP contribution in [0.2, 0.25) is 5.15 Å². The van der Waals surface area contributed by atoms with Gasteiger partial charge in [0.1, 0.15) is 10.8 Å². The molecule has 1 aliphatic heterocycles. The Morgan fingerprint density at radius 3 is 2.80 bits per heavy atom. The van der Waals surface area contributed by atoms with Gasteiger partial charge in [0.2, 0.25) is 5.91 Å². The first kappa shape index (κ1) is 14.7. The van der Waals surface area contributed by atoms with Gasteiger partial charge in [-0.1, -0.05) is 17.7 Å². The summed E-state index contributed by atoms with van der Waals surface area (Å²) in [4.78, 5) is 29.3. The zero-order chi connectivity index (χ0) is 14.4. The maximum absolute atomic E-state index is 11.9. The molecule has 20 heavy (non-hydrogen) atoms. The minimum atomic E-state index is -0.331. The second-order valence-corrected chi connectivity index (χ2v) is 4.73. The number of hydrogen-bond acceptors (Lipinski definition) is 4. The van der Waals surface area contributed by atoms with Crippen molar-refractivity contribution < 1.29 is 14.3 Å². The van der Waals surface area contributed by atoms with Gasteiger partial charge in [0.25, 0.3) is 5.91 Å². The summed E-state index contributed by atoms with van der Waals surface area (Å²) in [6, 6.07) is 4.83. The molecule has 108 valence electrons. The van der Waals surface area contributed by atoms with E-state index < -0.39 is 0 Å². The molecular weight excluding hydrogens is 282 g/mol. The number of rotatable bonds is 4. The van der Waals surface area contributed by atoms with Crippen LogP contribution in [0.1, 0.15) is 16.9 Å². The highest BCUT2D eigenvalue weighted by atomic mass is 35.5. The van der Waals surface area contributed by atoms with E-state index >= 15 is 0 Å². The van der Waals surface area contributed by atoms with Crippen LogP contribution in [-0.4, -0.2) is 54.5 Å². The molecule has 0 bridgehead atoms. The molecule has 1 saturated heterocycles. The van der Waals surface area contributed by atoms with E-state index in [0.29, 0.717) is 26.3 Å². The van der Waals surface area contributed by atoms with Gasteiger partial charge in [0, 0.05) is 26.1 Å². The van der Waals surface area contributed by atoms with Crippen molar-refractivity contribution in [2.45, 2.75) is 6.42 Å². The predicted octanol–water partition coefficient (Wildman–Crippen LogP) is 0.714. The third kappa shape index (κ3) is 4.18. The van der Waals surface area contributed by atoms with Crippen LogP contribution in [0.4, 0.5) is 0 Å². The van der Waals surface area contributed by atoms with Gasteiger partial charge in [-0.25, -0.2) is 4.98 Å². The van der Waals surface area contributed by atoms with Crippen molar-refractivity contribution in [3.8, 4) is 0 Å². The Hall–Kier alpha value is -1.66. The zero-order valence-electron chi connectivity index (χ0n) is 11.0. The van der Waals surface area contributed by atoms with E-state index in [1.807, 2.05) is 0 Å². The minimum absolute atomic E-state index is 0.0210. The number of amides is 2. The number of carbonyl (C=O) groups excluding carboxylic acids is 2. The summed E-state index contributed by atoms with van der Waals surface area (Å²) >= 11 is 5.71. The Morgan fingerprint density at radius 2 is 2.10 bits per heavy atom. The lowest BCUT2D eigenvalue weighted by Gasteiger charge is -2.26. The first-order valence-corrected chi connectivity index (χ1v) is 6.81. The molecule has 0 radical (unpaired) electrons. The third-order valence-electron chi connectivity index (χ3n) is 2.94. The Morgan fingerprint density at radius 1 is 1.35 bits per heavy atom. The SMILES string of the molecule is O=C(NCCC(=O)N1CCOCC1)c1cccc(Cl)n1. The Bertz CT molecular complexity index is 490. The second-order valence-electron chi connectivity index (χ2n) is 4.34. The van der Waals surface area contributed by atoms with Crippen LogP contribution < -0.4 is 5.32 Å². The van der Waals surface area contributed by atoms with Gasteiger partial charge in [0.05, 0.1) is 13.2 Å². The number of pyridine rings is 1. The molecule has 1 aliphatic rings. The van der Waals surface area contributed by atoms with Gasteiger partial charge in [-0.15, -0.1) is 0 Å². The largest absolute Gasteiger partial charge is 0.378 e. The zero-order valence-corrected chi connectivity index (χ0v) is 11.7. The highest BCUT2D eigenvalue weighted by molar-refractivity contribution is 6.29. The molecule has 0 saturated carbocycles. The van der Waals surface area contributed by atoms with E-state index in [9.17, 15) is 9.59 Å². The number of ether oxygens (including phenoxy) is 1. The van der Waals surface area contributed by atoms with Crippen LogP contribution in [0.15, 0.2) is 18.2 Å². The van der Waals surface area contributed by atoms with E-state index in [4.69, 9.17) is 16.3 Å². The molecule has 0 aliphatic carbocycles. The summed E-state index contributed by atoms with van der Waals surface area (Å²) in [7, 11) is 0. The highest BCUT2D eigenvalue weighted by Crippen LogP contribution is 2.05. The molecule has 7 heteroatoms. The quantitative estimate of drug-likeness (QED) is 0.831. The molecule has 2 rings (SSSR count). The van der Waals surface area contributed by atoms with Crippen molar-refractivity contribution in [3.05, 3.63) is 29.0 Å². The van der Waals surface area contributed by atoms with Crippen LogP contribution in [0.3, 0.4) is 0 Å². The maximum atomic E-state index is 11.9. The molecule has 2 heterocycles. The number of hydrogen-bond donors (Lipinski definition) is 1. The summed E-state index contributed by atoms with van der Waals surface area (Å²) in [5.41, 5.74) is 0.247. The fourth-order valence-corrected chi connectivity index (χ4v) is 2.04. The molecule has 1 fully saturated rings. The van der Waals surface area contributed by atoms with Crippen molar-refractivity contribution in [2.24, 2.45) is 0 Å². The molecule has 1 N–H and O–H groups in total. The molecule has 1 aromatic rings. The lowest BCUT2D eigenvalue weighted by Crippen LogP contribution is -2.42. The molecule has 2 amide bonds. The lowest BCUT2D eigenvalue weighted by molar-refractivity contribution is -0.135. The number of nitrogens with zero attached hydrogens (tertiary/aromatic N) is 2. The van der Waals surface area contributed by atoms with Crippen molar-refractivity contribution in [1.82, 2.24) is 15.2 Å². The summed E-state index contributed by atoms with van der Waals surface area (Å²) in [6.45, 7) is 2.66. The fourth-order valence-electron chi connectivity index (χ4n) is 1.88. The lowest BCUT2D eigenvalue weighted by atomic mass is 10.3. The Balaban J connectivity index is 1.75. The van der Waals surface area contributed by atoms with E-state index in [0.717, 1.165) is 0 Å². The molecule has 6 nitrogen and oxygen atoms in total. The van der Waals surface area contributed by atoms with E-state index in [1.165, 1.54) is 0 Å². The number of nitrogens with one attached hydrogen (secondary N) is 1. The normalized spacial score (nSPS) is 14.9. The molecular formula is C13H16ClN3O3. The average Bonchev–Trinajstić information content (AvgIpc) is 2.48. The molecule has 0 unspecified atom stereocenters. The number of carbonyl (C=O) groups is 2. The molecule has 0 atom stereocenters. The van der Waals surface area contributed by atoms with Gasteiger partial charge in [-0.05, 0) is 12.1 Å². The number of aromatic nitrogens is 1. The standard InChI is InChI=1S/C13H16ClN3O3/c14-11-3-1-2-10(16-11)13(19)15-5-4-12(18)17-6-8-20-9-7-17/h1-3H,4-9H2,(H,15,19). The van der Waals surface area contributed by atoms with Crippen LogP contribution in [0.25, 0.3) is 0 Å². The first-order chi connectivity index (χ1) is 9.66. The molecule has 0 spiro atoms. The van der Waals surface area contributed by atoms with Gasteiger partial charge in [-0.3, -0.25) is 9.59 Å². The van der Waals surface area contributed by atoms with Crippen molar-refractivity contribution in [1.29, 1.82) is 0 Å². The Labute approximate surface area is 122 Å². The summed E-state index contributed by atoms with van der Waals surface area (Å²) in [5, 5.41) is 2.92. The third-order valence-corrected chi connectivity index (χ3v) is 3.15. The van der Waals surface area contributed by atoms with E-state index in [1.54, 1.807) is 23.1 Å². The predicted molar refractivity (Wildman–Crippen MR) is 73.6 cm³/mol. The van der Waals surface area contributed by atoms with Crippen LogP contribution in [0, 0.1) is 0 Å². The summed E-state index contributed by atoms with van der Waals surface area (Å²) in [6.07, 6.45) is 0.270. The smallest absolute Gasteiger partial charge is 0.269 e. The van der Waals surface area contributed by atoms with Crippen LogP contribution in [-0.2, 0) is 9.53 Å². The number of halogens is 1. The fraction of sp³-hybridized carbons (Fsp3) is 0.462. The van der Waals surface area contributed by atoms with Gasteiger partial charge in [-0.2, -0.15) is 0 Å². The van der Waals surface area contributed by atoms with Gasteiger partial charge < -0.3 is 15.0 Å². The average molecular weight is 298 g/mol. The second kappa shape index (κ2) is 7.21. The maximum Gasteiger partial charge on any atom is 0.269 e. The van der Waals surface area contributed by atoms with Crippen LogP contribution in [0.5, 0.6) is 0 Å². The highest BCUT2D eigenvalue weighted by Gasteiger charge is 2.16. The molecule has 0 aromatic carbocycles. The van der Waals surface area contributed by atoms with Gasteiger partial charge >= 0.3 is 0 Å². The first-order valence-electron chi connectivity index (χ1n) is 6.43. The van der Waals surface area contributed by atoms with Crippen molar-refractivity contribution in [3.63, 3.8) is 0 Å². The monoisotopic (exact) mass is 297 g/mol. The van der Waals surface area contributed by atoms with Gasteiger partial charge in [0.15, 0.2) is 0 Å². The van der Waals surface area contributed by atoms with Crippen LogP contribution >= 0.6 is 11.6 Å². The summed E-state index contributed by atoms with van der Waals surface area (Å²) < 4.78 is 5.18.